The number of carbonyl (C=O) groups excluding carboxylic acids is 1. The molecule has 2 saturated carbocycles. The summed E-state index contributed by atoms with van der Waals surface area (Å²) in [7, 11) is 1.72. The highest BCUT2D eigenvalue weighted by Crippen LogP contribution is 2.43. The SMILES string of the molecule is CO[C@@H]1[C@@H]2CC[C@H]1C(=O)C2. The summed E-state index contributed by atoms with van der Waals surface area (Å²) in [6.07, 6.45) is 3.33. The van der Waals surface area contributed by atoms with Gasteiger partial charge in [-0.25, -0.2) is 0 Å². The lowest BCUT2D eigenvalue weighted by atomic mass is 10.00. The van der Waals surface area contributed by atoms with Crippen molar-refractivity contribution in [3.63, 3.8) is 0 Å². The highest BCUT2D eigenvalue weighted by atomic mass is 16.5. The monoisotopic (exact) mass is 140 g/mol. The van der Waals surface area contributed by atoms with Crippen LogP contribution < -0.4 is 0 Å². The summed E-state index contributed by atoms with van der Waals surface area (Å²) in [5.74, 6) is 1.25. The maximum absolute atomic E-state index is 11.1. The Morgan fingerprint density at radius 3 is 2.60 bits per heavy atom. The van der Waals surface area contributed by atoms with Gasteiger partial charge in [-0.05, 0) is 18.8 Å². The van der Waals surface area contributed by atoms with Gasteiger partial charge in [0.05, 0.1) is 6.10 Å². The third-order valence-corrected chi connectivity index (χ3v) is 2.86. The van der Waals surface area contributed by atoms with E-state index >= 15 is 0 Å². The first kappa shape index (κ1) is 6.35. The van der Waals surface area contributed by atoms with E-state index in [1.807, 2.05) is 0 Å². The fourth-order valence-corrected chi connectivity index (χ4v) is 2.38. The van der Waals surface area contributed by atoms with E-state index in [0.717, 1.165) is 12.8 Å². The van der Waals surface area contributed by atoms with Crippen LogP contribution in [0.25, 0.3) is 0 Å². The second kappa shape index (κ2) is 2.06. The summed E-state index contributed by atoms with van der Waals surface area (Å²) in [6.45, 7) is 0. The maximum atomic E-state index is 11.1. The van der Waals surface area contributed by atoms with Crippen LogP contribution in [0.2, 0.25) is 0 Å². The lowest BCUT2D eigenvalue weighted by Gasteiger charge is -2.10. The van der Waals surface area contributed by atoms with Crippen LogP contribution in [0.15, 0.2) is 0 Å². The topological polar surface area (TPSA) is 26.3 Å². The van der Waals surface area contributed by atoms with Gasteiger partial charge in [0.15, 0.2) is 0 Å². The number of ketones is 1. The molecule has 2 rings (SSSR count). The highest BCUT2D eigenvalue weighted by molar-refractivity contribution is 5.85. The first-order valence-corrected chi connectivity index (χ1v) is 3.88. The Bertz CT molecular complexity index is 165. The van der Waals surface area contributed by atoms with Crippen molar-refractivity contribution in [2.45, 2.75) is 25.4 Å². The van der Waals surface area contributed by atoms with E-state index in [1.165, 1.54) is 6.42 Å². The third-order valence-electron chi connectivity index (χ3n) is 2.86. The number of ether oxygens (including phenoxy) is 1. The highest BCUT2D eigenvalue weighted by Gasteiger charge is 2.47. The van der Waals surface area contributed by atoms with Crippen LogP contribution in [0.3, 0.4) is 0 Å². The van der Waals surface area contributed by atoms with Crippen molar-refractivity contribution >= 4 is 5.78 Å². The molecule has 3 atom stereocenters. The van der Waals surface area contributed by atoms with Gasteiger partial charge < -0.3 is 4.74 Å². The van der Waals surface area contributed by atoms with E-state index in [-0.39, 0.29) is 12.0 Å². The van der Waals surface area contributed by atoms with E-state index in [4.69, 9.17) is 4.74 Å². The zero-order valence-electron chi connectivity index (χ0n) is 6.17. The quantitative estimate of drug-likeness (QED) is 0.543. The molecule has 2 nitrogen and oxygen atoms in total. The predicted molar refractivity (Wildman–Crippen MR) is 36.6 cm³/mol. The number of methoxy groups -OCH3 is 1. The number of Topliss-reactive ketones (excluding diaryl/α,β-unsaturated/α-hetero) is 1. The van der Waals surface area contributed by atoms with Crippen LogP contribution in [0.4, 0.5) is 0 Å². The van der Waals surface area contributed by atoms with Crippen molar-refractivity contribution < 1.29 is 9.53 Å². The number of carbonyl (C=O) groups is 1. The van der Waals surface area contributed by atoms with Gasteiger partial charge in [0.2, 0.25) is 0 Å². The van der Waals surface area contributed by atoms with E-state index in [0.29, 0.717) is 11.7 Å². The molecule has 0 saturated heterocycles. The summed E-state index contributed by atoms with van der Waals surface area (Å²) in [4.78, 5) is 11.1. The van der Waals surface area contributed by atoms with Gasteiger partial charge in [0.1, 0.15) is 5.78 Å². The van der Waals surface area contributed by atoms with Crippen LogP contribution in [0, 0.1) is 11.8 Å². The van der Waals surface area contributed by atoms with Crippen LogP contribution in [0.5, 0.6) is 0 Å². The molecule has 0 heterocycles. The summed E-state index contributed by atoms with van der Waals surface area (Å²) in [5.41, 5.74) is 0. The number of fused-ring (bicyclic) bond motifs is 2. The molecular formula is C8H12O2. The molecule has 0 aliphatic heterocycles. The van der Waals surface area contributed by atoms with Gasteiger partial charge in [-0.2, -0.15) is 0 Å². The Kier molecular flexibility index (Phi) is 1.31. The number of hydrogen-bond donors (Lipinski definition) is 0. The molecule has 2 fully saturated rings. The van der Waals surface area contributed by atoms with Crippen molar-refractivity contribution in [1.82, 2.24) is 0 Å². The Labute approximate surface area is 60.6 Å². The van der Waals surface area contributed by atoms with Crippen molar-refractivity contribution in [2.75, 3.05) is 7.11 Å². The predicted octanol–water partition coefficient (Wildman–Crippen LogP) is 1.00. The molecule has 0 spiro atoms. The Hall–Kier alpha value is -0.370. The Morgan fingerprint density at radius 1 is 1.50 bits per heavy atom. The molecule has 2 aliphatic rings. The van der Waals surface area contributed by atoms with Crippen molar-refractivity contribution in [3.8, 4) is 0 Å². The van der Waals surface area contributed by atoms with Gasteiger partial charge in [0, 0.05) is 19.4 Å². The van der Waals surface area contributed by atoms with Gasteiger partial charge in [-0.3, -0.25) is 4.79 Å². The second-order valence-electron chi connectivity index (χ2n) is 3.31. The van der Waals surface area contributed by atoms with Crippen molar-refractivity contribution in [2.24, 2.45) is 11.8 Å². The molecule has 10 heavy (non-hydrogen) atoms. The molecular weight excluding hydrogens is 128 g/mol. The van der Waals surface area contributed by atoms with Gasteiger partial charge >= 0.3 is 0 Å². The number of rotatable bonds is 1. The first-order chi connectivity index (χ1) is 4.83. The van der Waals surface area contributed by atoms with Crippen molar-refractivity contribution in [1.29, 1.82) is 0 Å². The smallest absolute Gasteiger partial charge is 0.138 e. The van der Waals surface area contributed by atoms with Crippen LogP contribution in [-0.4, -0.2) is 19.0 Å². The van der Waals surface area contributed by atoms with Gasteiger partial charge in [-0.15, -0.1) is 0 Å². The zero-order chi connectivity index (χ0) is 7.14. The van der Waals surface area contributed by atoms with E-state index in [2.05, 4.69) is 0 Å². The Morgan fingerprint density at radius 2 is 2.30 bits per heavy atom. The van der Waals surface area contributed by atoms with Crippen molar-refractivity contribution in [3.05, 3.63) is 0 Å². The Balaban J connectivity index is 2.18. The lowest BCUT2D eigenvalue weighted by Crippen LogP contribution is -2.17. The van der Waals surface area contributed by atoms with Crippen LogP contribution in [0.1, 0.15) is 19.3 Å². The van der Waals surface area contributed by atoms with Gasteiger partial charge in [0.25, 0.3) is 0 Å². The second-order valence-corrected chi connectivity index (χ2v) is 3.31. The summed E-state index contributed by atoms with van der Waals surface area (Å²) in [5, 5.41) is 0. The molecule has 0 aromatic rings. The van der Waals surface area contributed by atoms with Crippen LogP contribution in [-0.2, 0) is 9.53 Å². The molecule has 2 aliphatic carbocycles. The van der Waals surface area contributed by atoms with E-state index < -0.39 is 0 Å². The largest absolute Gasteiger partial charge is 0.380 e. The average molecular weight is 140 g/mol. The fraction of sp³-hybridized carbons (Fsp3) is 0.875. The first-order valence-electron chi connectivity index (χ1n) is 3.88. The lowest BCUT2D eigenvalue weighted by molar-refractivity contribution is -0.122. The molecule has 2 heteroatoms. The molecule has 0 N–H and O–H groups in total. The molecule has 0 unspecified atom stereocenters. The van der Waals surface area contributed by atoms with E-state index in [9.17, 15) is 4.79 Å². The zero-order valence-corrected chi connectivity index (χ0v) is 6.17. The normalized spacial score (nSPS) is 44.9. The maximum Gasteiger partial charge on any atom is 0.138 e. The van der Waals surface area contributed by atoms with Crippen LogP contribution >= 0.6 is 0 Å². The minimum absolute atomic E-state index is 0.259. The molecule has 0 aromatic carbocycles. The molecule has 0 radical (unpaired) electrons. The minimum atomic E-state index is 0.259. The van der Waals surface area contributed by atoms with Gasteiger partial charge in [-0.1, -0.05) is 0 Å². The molecule has 56 valence electrons. The minimum Gasteiger partial charge on any atom is -0.380 e. The molecule has 0 amide bonds. The number of hydrogen-bond acceptors (Lipinski definition) is 2. The standard InChI is InChI=1S/C8H12O2/c1-10-8-5-2-3-6(8)7(9)4-5/h5-6,8H,2-4H2,1H3/t5-,6+,8-/m1/s1. The average Bonchev–Trinajstić information content (AvgIpc) is 2.42. The summed E-state index contributed by atoms with van der Waals surface area (Å²) in [6, 6.07) is 0. The summed E-state index contributed by atoms with van der Waals surface area (Å²) >= 11 is 0. The van der Waals surface area contributed by atoms with E-state index in [1.54, 1.807) is 7.11 Å². The molecule has 2 bridgehead atoms. The summed E-state index contributed by atoms with van der Waals surface area (Å²) < 4.78 is 5.25. The molecule has 0 aromatic heterocycles. The fourth-order valence-electron chi connectivity index (χ4n) is 2.38. The third kappa shape index (κ3) is 0.655.